The Morgan fingerprint density at radius 3 is 2.94 bits per heavy atom. The Balaban J connectivity index is 2.38. The number of nitrogens with zero attached hydrogens (tertiary/aromatic N) is 2. The SMILES string of the molecule is CNC(=O)CCNC(=O)c1cn(CCN)cn1. The Hall–Kier alpha value is -1.89. The quantitative estimate of drug-likeness (QED) is 0.574. The van der Waals surface area contributed by atoms with Crippen LogP contribution in [0, 0.1) is 0 Å². The van der Waals surface area contributed by atoms with Crippen molar-refractivity contribution in [3.63, 3.8) is 0 Å². The van der Waals surface area contributed by atoms with E-state index in [0.717, 1.165) is 0 Å². The van der Waals surface area contributed by atoms with Crippen LogP contribution in [0.1, 0.15) is 16.9 Å². The zero-order chi connectivity index (χ0) is 12.7. The largest absolute Gasteiger partial charge is 0.359 e. The summed E-state index contributed by atoms with van der Waals surface area (Å²) in [5, 5.41) is 5.09. The van der Waals surface area contributed by atoms with Crippen molar-refractivity contribution >= 4 is 11.8 Å². The van der Waals surface area contributed by atoms with Crippen LogP contribution in [0.15, 0.2) is 12.5 Å². The minimum Gasteiger partial charge on any atom is -0.359 e. The molecule has 1 aromatic heterocycles. The highest BCUT2D eigenvalue weighted by molar-refractivity contribution is 5.92. The summed E-state index contributed by atoms with van der Waals surface area (Å²) in [5.74, 6) is -0.399. The number of carbonyl (C=O) groups is 2. The van der Waals surface area contributed by atoms with Gasteiger partial charge in [0.05, 0.1) is 6.33 Å². The number of rotatable bonds is 6. The van der Waals surface area contributed by atoms with Gasteiger partial charge in [0.15, 0.2) is 0 Å². The molecule has 0 aliphatic heterocycles. The second-order valence-corrected chi connectivity index (χ2v) is 3.46. The molecule has 2 amide bonds. The highest BCUT2D eigenvalue weighted by Crippen LogP contribution is 1.95. The summed E-state index contributed by atoms with van der Waals surface area (Å²) in [6.45, 7) is 1.41. The molecule has 1 rings (SSSR count). The predicted octanol–water partition coefficient (Wildman–Crippen LogP) is -1.29. The maximum Gasteiger partial charge on any atom is 0.271 e. The van der Waals surface area contributed by atoms with Gasteiger partial charge in [-0.3, -0.25) is 9.59 Å². The monoisotopic (exact) mass is 239 g/mol. The molecule has 17 heavy (non-hydrogen) atoms. The van der Waals surface area contributed by atoms with Gasteiger partial charge in [-0.25, -0.2) is 4.98 Å². The Morgan fingerprint density at radius 1 is 1.53 bits per heavy atom. The number of hydrogen-bond donors (Lipinski definition) is 3. The molecule has 7 heteroatoms. The maximum absolute atomic E-state index is 11.6. The fraction of sp³-hybridized carbons (Fsp3) is 0.500. The highest BCUT2D eigenvalue weighted by Gasteiger charge is 2.08. The molecule has 0 atom stereocenters. The van der Waals surface area contributed by atoms with Gasteiger partial charge >= 0.3 is 0 Å². The van der Waals surface area contributed by atoms with Gasteiger partial charge < -0.3 is 20.9 Å². The first-order chi connectivity index (χ1) is 8.17. The molecule has 94 valence electrons. The highest BCUT2D eigenvalue weighted by atomic mass is 16.2. The zero-order valence-electron chi connectivity index (χ0n) is 9.77. The summed E-state index contributed by atoms with van der Waals surface area (Å²) in [4.78, 5) is 26.5. The molecule has 4 N–H and O–H groups in total. The van der Waals surface area contributed by atoms with Crippen molar-refractivity contribution in [3.05, 3.63) is 18.2 Å². The van der Waals surface area contributed by atoms with E-state index in [1.54, 1.807) is 24.1 Å². The molecule has 0 aliphatic carbocycles. The summed E-state index contributed by atoms with van der Waals surface area (Å²) >= 11 is 0. The minimum absolute atomic E-state index is 0.112. The molecule has 0 fully saturated rings. The first-order valence-corrected chi connectivity index (χ1v) is 5.38. The maximum atomic E-state index is 11.6. The Labute approximate surface area is 99.4 Å². The van der Waals surface area contributed by atoms with E-state index in [1.807, 2.05) is 0 Å². The van der Waals surface area contributed by atoms with Crippen molar-refractivity contribution in [2.24, 2.45) is 5.73 Å². The van der Waals surface area contributed by atoms with Crippen LogP contribution in [-0.4, -0.2) is 41.5 Å². The van der Waals surface area contributed by atoms with Gasteiger partial charge in [0, 0.05) is 39.3 Å². The molecule has 0 bridgehead atoms. The third-order valence-electron chi connectivity index (χ3n) is 2.17. The number of aromatic nitrogens is 2. The van der Waals surface area contributed by atoms with Gasteiger partial charge in [0.1, 0.15) is 5.69 Å². The molecule has 1 heterocycles. The smallest absolute Gasteiger partial charge is 0.271 e. The van der Waals surface area contributed by atoms with Gasteiger partial charge in [0.2, 0.25) is 5.91 Å². The van der Waals surface area contributed by atoms with Gasteiger partial charge in [-0.1, -0.05) is 0 Å². The second-order valence-electron chi connectivity index (χ2n) is 3.46. The van der Waals surface area contributed by atoms with Crippen LogP contribution in [0.4, 0.5) is 0 Å². The minimum atomic E-state index is -0.287. The van der Waals surface area contributed by atoms with E-state index in [0.29, 0.717) is 25.3 Å². The second kappa shape index (κ2) is 6.64. The number of nitrogens with one attached hydrogen (secondary N) is 2. The van der Waals surface area contributed by atoms with Crippen LogP contribution in [0.3, 0.4) is 0 Å². The van der Waals surface area contributed by atoms with Crippen molar-refractivity contribution in [2.75, 3.05) is 20.1 Å². The molecule has 0 unspecified atom stereocenters. The fourth-order valence-corrected chi connectivity index (χ4v) is 1.25. The van der Waals surface area contributed by atoms with Crippen LogP contribution < -0.4 is 16.4 Å². The summed E-state index contributed by atoms with van der Waals surface area (Å²) in [6, 6.07) is 0. The van der Waals surface area contributed by atoms with Crippen molar-refractivity contribution in [1.82, 2.24) is 20.2 Å². The third-order valence-corrected chi connectivity index (χ3v) is 2.17. The van der Waals surface area contributed by atoms with E-state index < -0.39 is 0 Å². The molecule has 0 saturated heterocycles. The number of imidazole rings is 1. The van der Waals surface area contributed by atoms with Crippen LogP contribution in [0.2, 0.25) is 0 Å². The van der Waals surface area contributed by atoms with Crippen LogP contribution in [0.5, 0.6) is 0 Å². The number of amides is 2. The molecule has 1 aromatic rings. The van der Waals surface area contributed by atoms with Crippen LogP contribution in [-0.2, 0) is 11.3 Å². The molecule has 0 saturated carbocycles. The van der Waals surface area contributed by atoms with Crippen molar-refractivity contribution in [2.45, 2.75) is 13.0 Å². The van der Waals surface area contributed by atoms with E-state index in [-0.39, 0.29) is 18.2 Å². The van der Waals surface area contributed by atoms with Gasteiger partial charge in [-0.15, -0.1) is 0 Å². The Bertz CT molecular complexity index is 388. The standard InChI is InChI=1S/C10H17N5O2/c1-12-9(16)2-4-13-10(17)8-6-15(5-3-11)7-14-8/h6-7H,2-5,11H2,1H3,(H,12,16)(H,13,17). The Kier molecular flexibility index (Phi) is 5.15. The van der Waals surface area contributed by atoms with E-state index in [2.05, 4.69) is 15.6 Å². The number of carbonyl (C=O) groups excluding carboxylic acids is 2. The van der Waals surface area contributed by atoms with Crippen molar-refractivity contribution in [1.29, 1.82) is 0 Å². The molecule has 0 aromatic carbocycles. The fourth-order valence-electron chi connectivity index (χ4n) is 1.25. The van der Waals surface area contributed by atoms with Gasteiger partial charge in [-0.2, -0.15) is 0 Å². The topological polar surface area (TPSA) is 102 Å². The first kappa shape index (κ1) is 13.2. The lowest BCUT2D eigenvalue weighted by atomic mass is 10.3. The van der Waals surface area contributed by atoms with E-state index in [4.69, 9.17) is 5.73 Å². The molecule has 0 spiro atoms. The van der Waals surface area contributed by atoms with E-state index in [9.17, 15) is 9.59 Å². The molecular formula is C10H17N5O2. The molecule has 0 radical (unpaired) electrons. The van der Waals surface area contributed by atoms with E-state index in [1.165, 1.54) is 0 Å². The molecule has 0 aliphatic rings. The lowest BCUT2D eigenvalue weighted by Crippen LogP contribution is -2.29. The van der Waals surface area contributed by atoms with Crippen molar-refractivity contribution in [3.8, 4) is 0 Å². The number of hydrogen-bond acceptors (Lipinski definition) is 4. The zero-order valence-corrected chi connectivity index (χ0v) is 9.77. The lowest BCUT2D eigenvalue weighted by Gasteiger charge is -2.02. The van der Waals surface area contributed by atoms with Crippen molar-refractivity contribution < 1.29 is 9.59 Å². The average molecular weight is 239 g/mol. The third kappa shape index (κ3) is 4.23. The average Bonchev–Trinajstić information content (AvgIpc) is 2.78. The van der Waals surface area contributed by atoms with E-state index >= 15 is 0 Å². The lowest BCUT2D eigenvalue weighted by molar-refractivity contribution is -0.120. The first-order valence-electron chi connectivity index (χ1n) is 5.38. The molecule has 7 nitrogen and oxygen atoms in total. The van der Waals surface area contributed by atoms with Gasteiger partial charge in [-0.05, 0) is 0 Å². The summed E-state index contributed by atoms with van der Waals surface area (Å²) < 4.78 is 1.74. The Morgan fingerprint density at radius 2 is 2.29 bits per heavy atom. The van der Waals surface area contributed by atoms with Gasteiger partial charge in [0.25, 0.3) is 5.91 Å². The summed E-state index contributed by atoms with van der Waals surface area (Å²) in [6.07, 6.45) is 3.44. The summed E-state index contributed by atoms with van der Waals surface area (Å²) in [7, 11) is 1.55. The number of nitrogens with two attached hydrogens (primary N) is 1. The molecular weight excluding hydrogens is 222 g/mol. The summed E-state index contributed by atoms with van der Waals surface area (Å²) in [5.41, 5.74) is 5.71. The predicted molar refractivity (Wildman–Crippen MR) is 62.3 cm³/mol. The van der Waals surface area contributed by atoms with Crippen LogP contribution >= 0.6 is 0 Å². The normalized spacial score (nSPS) is 10.0. The van der Waals surface area contributed by atoms with Crippen LogP contribution in [0.25, 0.3) is 0 Å².